The number of hydrogen-bond acceptors (Lipinski definition) is 5. The van der Waals surface area contributed by atoms with Crippen LogP contribution in [0.1, 0.15) is 483 Å². The second-order valence-electron chi connectivity index (χ2n) is 29.5. The molecule has 0 aliphatic heterocycles. The van der Waals surface area contributed by atoms with Gasteiger partial charge in [-0.25, -0.2) is 0 Å². The maximum absolute atomic E-state index is 12.6. The molecule has 0 aromatic carbocycles. The molecule has 0 spiro atoms. The number of carbonyl (C=O) groups excluding carboxylic acids is 2. The van der Waals surface area contributed by atoms with Gasteiger partial charge in [-0.2, -0.15) is 0 Å². The molecular formula is C87H167NO5. The van der Waals surface area contributed by atoms with Gasteiger partial charge >= 0.3 is 5.97 Å². The summed E-state index contributed by atoms with van der Waals surface area (Å²) in [5.41, 5.74) is 0. The molecule has 2 atom stereocenters. The van der Waals surface area contributed by atoms with E-state index in [1.165, 1.54) is 411 Å². The number of allylic oxidation sites excluding steroid dienone is 5. The maximum Gasteiger partial charge on any atom is 0.305 e. The van der Waals surface area contributed by atoms with E-state index in [4.69, 9.17) is 4.74 Å². The summed E-state index contributed by atoms with van der Waals surface area (Å²) in [5, 5.41) is 23.3. The minimum Gasteiger partial charge on any atom is -0.466 e. The Morgan fingerprint density at radius 1 is 0.290 bits per heavy atom. The van der Waals surface area contributed by atoms with Gasteiger partial charge in [0.15, 0.2) is 0 Å². The van der Waals surface area contributed by atoms with Gasteiger partial charge in [0, 0.05) is 12.8 Å². The van der Waals surface area contributed by atoms with Crippen molar-refractivity contribution in [2.45, 2.75) is 495 Å². The SMILES string of the molecule is CCCCCCCCC/C=C\CCCCCCCC(=O)OCCCCCCCCCCCCCCCC/C=C\CCCCCCCCCCCCCCCCCCCC(=O)NC(CO)C(O)/C=C/CCCCCCCCCCCCCCCCCCCCCCCCC. The van der Waals surface area contributed by atoms with Gasteiger partial charge in [0.2, 0.25) is 5.91 Å². The fourth-order valence-corrected chi connectivity index (χ4v) is 13.6. The number of aliphatic hydroxyl groups is 2. The molecular weight excluding hydrogens is 1140 g/mol. The highest BCUT2D eigenvalue weighted by Gasteiger charge is 2.18. The molecule has 93 heavy (non-hydrogen) atoms. The van der Waals surface area contributed by atoms with Crippen molar-refractivity contribution >= 4 is 11.9 Å². The van der Waals surface area contributed by atoms with Crippen LogP contribution in [0.2, 0.25) is 0 Å². The third-order valence-corrected chi connectivity index (χ3v) is 20.1. The molecule has 0 heterocycles. The molecule has 6 heteroatoms. The van der Waals surface area contributed by atoms with Crippen molar-refractivity contribution in [2.24, 2.45) is 0 Å². The molecule has 0 aromatic heterocycles. The number of esters is 1. The van der Waals surface area contributed by atoms with Crippen molar-refractivity contribution in [1.82, 2.24) is 5.32 Å². The van der Waals surface area contributed by atoms with Crippen LogP contribution < -0.4 is 5.32 Å². The number of hydrogen-bond donors (Lipinski definition) is 3. The van der Waals surface area contributed by atoms with E-state index in [2.05, 4.69) is 43.5 Å². The van der Waals surface area contributed by atoms with E-state index in [1.807, 2.05) is 6.08 Å². The van der Waals surface area contributed by atoms with Gasteiger partial charge < -0.3 is 20.3 Å². The topological polar surface area (TPSA) is 95.9 Å². The average molecular weight is 1310 g/mol. The van der Waals surface area contributed by atoms with Crippen LogP contribution >= 0.6 is 0 Å². The fourth-order valence-electron chi connectivity index (χ4n) is 13.6. The van der Waals surface area contributed by atoms with Crippen LogP contribution in [-0.4, -0.2) is 47.4 Å². The van der Waals surface area contributed by atoms with Crippen LogP contribution in [-0.2, 0) is 14.3 Å². The first-order valence-corrected chi connectivity index (χ1v) is 42.8. The molecule has 0 aliphatic carbocycles. The summed E-state index contributed by atoms with van der Waals surface area (Å²) in [4.78, 5) is 24.7. The standard InChI is InChI=1S/C87H167NO5/c1-3-5-7-9-11-13-15-17-19-21-22-23-24-36-39-42-45-48-51-55-59-63-67-71-75-79-85(90)84(83-89)88-86(91)80-76-72-68-64-60-56-52-49-46-43-40-37-34-32-30-28-26-25-27-29-31-33-35-38-41-44-47-50-54-58-62-66-70-74-78-82-93-87(92)81-77-73-69-65-61-57-53-20-18-16-14-12-10-8-6-4-2/h20,27,29,53,75,79,84-85,89-90H,3-19,21-26,28,30-52,54-74,76-78,80-83H2,1-2H3,(H,88,91)/b29-27-,53-20-,79-75+. The summed E-state index contributed by atoms with van der Waals surface area (Å²) in [6.07, 6.45) is 109. The zero-order valence-corrected chi connectivity index (χ0v) is 63.3. The first-order valence-electron chi connectivity index (χ1n) is 42.8. The molecule has 0 fully saturated rings. The Kier molecular flexibility index (Phi) is 80.8. The summed E-state index contributed by atoms with van der Waals surface area (Å²) < 4.78 is 5.50. The molecule has 0 saturated heterocycles. The average Bonchev–Trinajstić information content (AvgIpc) is 3.78. The number of rotatable bonds is 81. The third kappa shape index (κ3) is 79.0. The zero-order valence-electron chi connectivity index (χ0n) is 63.3. The van der Waals surface area contributed by atoms with Crippen molar-refractivity contribution in [1.29, 1.82) is 0 Å². The van der Waals surface area contributed by atoms with Gasteiger partial charge in [0.05, 0.1) is 25.4 Å². The van der Waals surface area contributed by atoms with Gasteiger partial charge in [-0.3, -0.25) is 9.59 Å². The van der Waals surface area contributed by atoms with Crippen LogP contribution in [0.4, 0.5) is 0 Å². The Balaban J connectivity index is 3.37. The molecule has 0 bridgehead atoms. The quantitative estimate of drug-likeness (QED) is 0.0320. The maximum atomic E-state index is 12.6. The van der Waals surface area contributed by atoms with E-state index in [0.717, 1.165) is 44.9 Å². The minimum atomic E-state index is -0.844. The van der Waals surface area contributed by atoms with E-state index in [0.29, 0.717) is 19.4 Å². The summed E-state index contributed by atoms with van der Waals surface area (Å²) in [7, 11) is 0. The van der Waals surface area contributed by atoms with Gasteiger partial charge in [-0.05, 0) is 83.5 Å². The highest BCUT2D eigenvalue weighted by Crippen LogP contribution is 2.20. The van der Waals surface area contributed by atoms with Crippen LogP contribution in [0.25, 0.3) is 0 Å². The molecule has 550 valence electrons. The van der Waals surface area contributed by atoms with Crippen molar-refractivity contribution in [2.75, 3.05) is 13.2 Å². The predicted molar refractivity (Wildman–Crippen MR) is 412 cm³/mol. The predicted octanol–water partition coefficient (Wildman–Crippen LogP) is 28.6. The number of carbonyl (C=O) groups is 2. The lowest BCUT2D eigenvalue weighted by molar-refractivity contribution is -0.143. The van der Waals surface area contributed by atoms with E-state index < -0.39 is 12.1 Å². The Labute approximate surface area is 583 Å². The second kappa shape index (κ2) is 82.5. The number of nitrogens with one attached hydrogen (secondary N) is 1. The van der Waals surface area contributed by atoms with Crippen molar-refractivity contribution in [3.8, 4) is 0 Å². The normalized spacial score (nSPS) is 12.6. The molecule has 0 saturated carbocycles. The number of aliphatic hydroxyl groups excluding tert-OH is 2. The minimum absolute atomic E-state index is 0.0135. The number of unbranched alkanes of at least 4 members (excludes halogenated alkanes) is 66. The lowest BCUT2D eigenvalue weighted by Gasteiger charge is -2.20. The number of ether oxygens (including phenoxy) is 1. The highest BCUT2D eigenvalue weighted by atomic mass is 16.5. The molecule has 3 N–H and O–H groups in total. The van der Waals surface area contributed by atoms with Gasteiger partial charge in [0.25, 0.3) is 0 Å². The van der Waals surface area contributed by atoms with Crippen LogP contribution in [0, 0.1) is 0 Å². The molecule has 0 radical (unpaired) electrons. The first kappa shape index (κ1) is 91.1. The summed E-state index contributed by atoms with van der Waals surface area (Å²) in [5.74, 6) is -0.0454. The van der Waals surface area contributed by atoms with Gasteiger partial charge in [0.1, 0.15) is 0 Å². The lowest BCUT2D eigenvalue weighted by Crippen LogP contribution is -2.45. The van der Waals surface area contributed by atoms with Crippen molar-refractivity contribution in [3.63, 3.8) is 0 Å². The lowest BCUT2D eigenvalue weighted by atomic mass is 10.0. The fraction of sp³-hybridized carbons (Fsp3) is 0.908. The molecule has 0 aliphatic rings. The Hall–Kier alpha value is -1.92. The molecule has 1 amide bonds. The van der Waals surface area contributed by atoms with Crippen molar-refractivity contribution < 1.29 is 24.5 Å². The number of amides is 1. The molecule has 0 aromatic rings. The van der Waals surface area contributed by atoms with Crippen LogP contribution in [0.5, 0.6) is 0 Å². The summed E-state index contributed by atoms with van der Waals surface area (Å²) >= 11 is 0. The highest BCUT2D eigenvalue weighted by molar-refractivity contribution is 5.76. The zero-order chi connectivity index (χ0) is 67.0. The first-order chi connectivity index (χ1) is 46.0. The van der Waals surface area contributed by atoms with Crippen molar-refractivity contribution in [3.05, 3.63) is 36.5 Å². The summed E-state index contributed by atoms with van der Waals surface area (Å²) in [6, 6.07) is -0.627. The molecule has 6 nitrogen and oxygen atoms in total. The summed E-state index contributed by atoms with van der Waals surface area (Å²) in [6.45, 7) is 4.95. The van der Waals surface area contributed by atoms with Crippen LogP contribution in [0.3, 0.4) is 0 Å². The van der Waals surface area contributed by atoms with Gasteiger partial charge in [-0.1, -0.05) is 423 Å². The van der Waals surface area contributed by atoms with E-state index in [1.54, 1.807) is 6.08 Å². The van der Waals surface area contributed by atoms with Crippen LogP contribution in [0.15, 0.2) is 36.5 Å². The monoisotopic (exact) mass is 1310 g/mol. The van der Waals surface area contributed by atoms with E-state index >= 15 is 0 Å². The Morgan fingerprint density at radius 3 is 0.763 bits per heavy atom. The van der Waals surface area contributed by atoms with E-state index in [9.17, 15) is 19.8 Å². The van der Waals surface area contributed by atoms with Gasteiger partial charge in [-0.15, -0.1) is 0 Å². The smallest absolute Gasteiger partial charge is 0.305 e. The van der Waals surface area contributed by atoms with E-state index in [-0.39, 0.29) is 18.5 Å². The third-order valence-electron chi connectivity index (χ3n) is 20.1. The second-order valence-corrected chi connectivity index (χ2v) is 29.5. The Morgan fingerprint density at radius 2 is 0.505 bits per heavy atom. The molecule has 2 unspecified atom stereocenters. The Bertz CT molecular complexity index is 1510. The molecule has 0 rings (SSSR count). The largest absolute Gasteiger partial charge is 0.466 e.